The zero-order valence-corrected chi connectivity index (χ0v) is 13.1. The van der Waals surface area contributed by atoms with Crippen LogP contribution in [-0.4, -0.2) is 24.3 Å². The fourth-order valence-corrected chi connectivity index (χ4v) is 2.31. The summed E-state index contributed by atoms with van der Waals surface area (Å²) in [6.45, 7) is 1.64. The number of nitrogens with zero attached hydrogens (tertiary/aromatic N) is 1. The van der Waals surface area contributed by atoms with E-state index < -0.39 is 0 Å². The third-order valence-electron chi connectivity index (χ3n) is 3.18. The maximum Gasteiger partial charge on any atom is 0.164 e. The second kappa shape index (κ2) is 7.36. The average molecular weight is 332 g/mol. The van der Waals surface area contributed by atoms with E-state index in [0.29, 0.717) is 6.42 Å². The van der Waals surface area contributed by atoms with Crippen LogP contribution in [-0.2, 0) is 6.54 Å². The summed E-state index contributed by atoms with van der Waals surface area (Å²) in [7, 11) is 2.04. The van der Waals surface area contributed by atoms with Crippen molar-refractivity contribution in [2.75, 3.05) is 13.6 Å². The smallest absolute Gasteiger partial charge is 0.164 e. The van der Waals surface area contributed by atoms with Crippen LogP contribution >= 0.6 is 15.9 Å². The highest BCUT2D eigenvalue weighted by Gasteiger charge is 2.07. The molecule has 0 bridgehead atoms. The summed E-state index contributed by atoms with van der Waals surface area (Å²) in [6, 6.07) is 17.8. The van der Waals surface area contributed by atoms with Crippen LogP contribution in [0.4, 0.5) is 0 Å². The van der Waals surface area contributed by atoms with Crippen molar-refractivity contribution in [1.82, 2.24) is 4.90 Å². The third kappa shape index (κ3) is 4.58. The van der Waals surface area contributed by atoms with Gasteiger partial charge in [-0.1, -0.05) is 58.4 Å². The molecular weight excluding hydrogens is 314 g/mol. The van der Waals surface area contributed by atoms with E-state index in [1.807, 2.05) is 49.5 Å². The molecule has 0 spiro atoms. The number of carbonyl (C=O) groups is 1. The minimum absolute atomic E-state index is 0.192. The van der Waals surface area contributed by atoms with E-state index in [2.05, 4.69) is 33.0 Å². The molecule has 0 N–H and O–H groups in total. The van der Waals surface area contributed by atoms with Crippen LogP contribution in [0.5, 0.6) is 0 Å². The molecule has 0 atom stereocenters. The van der Waals surface area contributed by atoms with Gasteiger partial charge in [-0.2, -0.15) is 0 Å². The molecule has 2 aromatic carbocycles. The van der Waals surface area contributed by atoms with Crippen molar-refractivity contribution in [3.8, 4) is 0 Å². The minimum Gasteiger partial charge on any atom is -0.302 e. The molecule has 0 aromatic heterocycles. The van der Waals surface area contributed by atoms with Crippen LogP contribution in [0.15, 0.2) is 59.1 Å². The Morgan fingerprint density at radius 2 is 1.70 bits per heavy atom. The summed E-state index contributed by atoms with van der Waals surface area (Å²) in [6.07, 6.45) is 0.547. The molecule has 2 aromatic rings. The van der Waals surface area contributed by atoms with Gasteiger partial charge in [-0.05, 0) is 24.7 Å². The topological polar surface area (TPSA) is 20.3 Å². The lowest BCUT2D eigenvalue weighted by atomic mass is 10.1. The molecule has 0 heterocycles. The lowest BCUT2D eigenvalue weighted by Crippen LogP contribution is -2.21. The van der Waals surface area contributed by atoms with E-state index in [1.165, 1.54) is 5.56 Å². The van der Waals surface area contributed by atoms with Crippen molar-refractivity contribution in [1.29, 1.82) is 0 Å². The van der Waals surface area contributed by atoms with E-state index >= 15 is 0 Å². The monoisotopic (exact) mass is 331 g/mol. The van der Waals surface area contributed by atoms with Crippen LogP contribution in [0.3, 0.4) is 0 Å². The van der Waals surface area contributed by atoms with Gasteiger partial charge in [0.25, 0.3) is 0 Å². The molecule has 2 rings (SSSR count). The lowest BCUT2D eigenvalue weighted by Gasteiger charge is -2.16. The van der Waals surface area contributed by atoms with Gasteiger partial charge >= 0.3 is 0 Å². The largest absolute Gasteiger partial charge is 0.302 e. The summed E-state index contributed by atoms with van der Waals surface area (Å²) in [5.41, 5.74) is 2.05. The van der Waals surface area contributed by atoms with Gasteiger partial charge in [0.2, 0.25) is 0 Å². The zero-order valence-electron chi connectivity index (χ0n) is 11.6. The van der Waals surface area contributed by atoms with Crippen molar-refractivity contribution < 1.29 is 4.79 Å². The number of carbonyl (C=O) groups excluding carboxylic acids is 1. The fraction of sp³-hybridized carbons (Fsp3) is 0.235. The van der Waals surface area contributed by atoms with E-state index in [1.54, 1.807) is 0 Å². The van der Waals surface area contributed by atoms with Crippen molar-refractivity contribution >= 4 is 21.7 Å². The van der Waals surface area contributed by atoms with Crippen LogP contribution in [0.2, 0.25) is 0 Å². The van der Waals surface area contributed by atoms with Crippen LogP contribution in [0, 0.1) is 0 Å². The molecule has 0 fully saturated rings. The van der Waals surface area contributed by atoms with Crippen LogP contribution in [0.25, 0.3) is 0 Å². The first-order valence-corrected chi connectivity index (χ1v) is 7.45. The second-order valence-electron chi connectivity index (χ2n) is 4.90. The normalized spacial score (nSPS) is 10.8. The number of benzene rings is 2. The fourth-order valence-electron chi connectivity index (χ4n) is 2.05. The summed E-state index contributed by atoms with van der Waals surface area (Å²) in [5.74, 6) is 0.192. The predicted octanol–water partition coefficient (Wildman–Crippen LogP) is 4.15. The Morgan fingerprint density at radius 1 is 1.05 bits per heavy atom. The van der Waals surface area contributed by atoms with Crippen molar-refractivity contribution in [2.24, 2.45) is 0 Å². The molecule has 104 valence electrons. The molecule has 0 saturated heterocycles. The van der Waals surface area contributed by atoms with E-state index in [9.17, 15) is 4.79 Å². The Hall–Kier alpha value is -1.45. The van der Waals surface area contributed by atoms with Gasteiger partial charge in [0.15, 0.2) is 5.78 Å². The highest BCUT2D eigenvalue weighted by atomic mass is 79.9. The first kappa shape index (κ1) is 14.9. The first-order valence-electron chi connectivity index (χ1n) is 6.66. The number of Topliss-reactive ketones (excluding diaryl/α,β-unsaturated/α-hetero) is 1. The van der Waals surface area contributed by atoms with Crippen LogP contribution < -0.4 is 0 Å². The van der Waals surface area contributed by atoms with Crippen molar-refractivity contribution in [2.45, 2.75) is 13.0 Å². The molecule has 3 heteroatoms. The Labute approximate surface area is 128 Å². The summed E-state index contributed by atoms with van der Waals surface area (Å²) >= 11 is 3.37. The van der Waals surface area contributed by atoms with Crippen molar-refractivity contribution in [3.63, 3.8) is 0 Å². The summed E-state index contributed by atoms with van der Waals surface area (Å²) in [5, 5.41) is 0. The molecule has 0 radical (unpaired) electrons. The van der Waals surface area contributed by atoms with Gasteiger partial charge < -0.3 is 4.90 Å². The SMILES string of the molecule is CN(CCC(=O)c1ccc(Br)cc1)Cc1ccccc1. The molecule has 0 aliphatic rings. The van der Waals surface area contributed by atoms with Crippen molar-refractivity contribution in [3.05, 3.63) is 70.2 Å². The molecule has 0 saturated carbocycles. The number of halogens is 1. The van der Waals surface area contributed by atoms with Gasteiger partial charge in [0.1, 0.15) is 0 Å². The molecule has 0 unspecified atom stereocenters. The minimum atomic E-state index is 0.192. The van der Waals surface area contributed by atoms with Gasteiger partial charge in [-0.25, -0.2) is 0 Å². The Balaban J connectivity index is 1.82. The lowest BCUT2D eigenvalue weighted by molar-refractivity contribution is 0.0968. The Bertz CT molecular complexity index is 551. The number of hydrogen-bond donors (Lipinski definition) is 0. The average Bonchev–Trinajstić information content (AvgIpc) is 2.46. The number of hydrogen-bond acceptors (Lipinski definition) is 2. The first-order chi connectivity index (χ1) is 9.65. The van der Waals surface area contributed by atoms with Gasteiger partial charge in [-0.3, -0.25) is 4.79 Å². The van der Waals surface area contributed by atoms with Gasteiger partial charge in [-0.15, -0.1) is 0 Å². The van der Waals surface area contributed by atoms with Crippen LogP contribution in [0.1, 0.15) is 22.3 Å². The Kier molecular flexibility index (Phi) is 5.50. The molecule has 0 aliphatic heterocycles. The molecular formula is C17H18BrNO. The highest BCUT2D eigenvalue weighted by Crippen LogP contribution is 2.12. The summed E-state index contributed by atoms with van der Waals surface area (Å²) in [4.78, 5) is 14.2. The maximum absolute atomic E-state index is 12.1. The van der Waals surface area contributed by atoms with E-state index in [4.69, 9.17) is 0 Å². The Morgan fingerprint density at radius 3 is 2.35 bits per heavy atom. The second-order valence-corrected chi connectivity index (χ2v) is 5.82. The standard InChI is InChI=1S/C17H18BrNO/c1-19(13-14-5-3-2-4-6-14)12-11-17(20)15-7-9-16(18)10-8-15/h2-10H,11-13H2,1H3. The van der Waals surface area contributed by atoms with Gasteiger partial charge in [0.05, 0.1) is 0 Å². The zero-order chi connectivity index (χ0) is 14.4. The predicted molar refractivity (Wildman–Crippen MR) is 85.9 cm³/mol. The summed E-state index contributed by atoms with van der Waals surface area (Å²) < 4.78 is 0.996. The highest BCUT2D eigenvalue weighted by molar-refractivity contribution is 9.10. The van der Waals surface area contributed by atoms with E-state index in [-0.39, 0.29) is 5.78 Å². The number of rotatable bonds is 6. The molecule has 0 aliphatic carbocycles. The van der Waals surface area contributed by atoms with E-state index in [0.717, 1.165) is 23.1 Å². The maximum atomic E-state index is 12.1. The quantitative estimate of drug-likeness (QED) is 0.741. The van der Waals surface area contributed by atoms with Gasteiger partial charge in [0, 0.05) is 29.5 Å². The molecule has 0 amide bonds. The molecule has 2 nitrogen and oxygen atoms in total. The molecule has 20 heavy (non-hydrogen) atoms. The third-order valence-corrected chi connectivity index (χ3v) is 3.71. The number of ketones is 1.